The number of halogens is 1. The van der Waals surface area contributed by atoms with E-state index in [1.807, 2.05) is 38.2 Å². The van der Waals surface area contributed by atoms with Gasteiger partial charge in [-0.25, -0.2) is 0 Å². The van der Waals surface area contributed by atoms with Crippen molar-refractivity contribution in [1.82, 2.24) is 9.78 Å². The maximum atomic E-state index is 8.64. The molecule has 2 N–H and O–H groups in total. The average molecular weight is 356 g/mol. The van der Waals surface area contributed by atoms with Gasteiger partial charge in [-0.05, 0) is 62.8 Å². The van der Waals surface area contributed by atoms with E-state index in [0.29, 0.717) is 5.70 Å². The van der Waals surface area contributed by atoms with Gasteiger partial charge in [-0.3, -0.25) is 15.8 Å². The lowest BCUT2D eigenvalue weighted by molar-refractivity contribution is 0.717. The number of hydrogen-bond acceptors (Lipinski definition) is 4. The van der Waals surface area contributed by atoms with Crippen molar-refractivity contribution < 1.29 is 0 Å². The van der Waals surface area contributed by atoms with E-state index in [9.17, 15) is 0 Å². The van der Waals surface area contributed by atoms with Crippen LogP contribution in [0.4, 0.5) is 0 Å². The molecule has 0 aliphatic heterocycles. The second-order valence-corrected chi connectivity index (χ2v) is 6.22. The summed E-state index contributed by atoms with van der Waals surface area (Å²) in [4.78, 5) is 3.92. The van der Waals surface area contributed by atoms with Gasteiger partial charge in [0.2, 0.25) is 0 Å². The molecule has 1 aliphatic carbocycles. The number of allylic oxidation sites excluding steroid dienone is 5. The number of hydrogen-bond donors (Lipinski definition) is 2. The van der Waals surface area contributed by atoms with Crippen LogP contribution >= 0.6 is 11.6 Å². The topological polar surface area (TPSA) is 77.9 Å². The van der Waals surface area contributed by atoms with Crippen molar-refractivity contribution >= 4 is 24.2 Å². The molecule has 6 heteroatoms. The summed E-state index contributed by atoms with van der Waals surface area (Å²) >= 11 is 5.95. The molecule has 1 aromatic rings. The minimum atomic E-state index is -0.471. The Morgan fingerprint density at radius 3 is 2.60 bits per heavy atom. The number of nitrogens with one attached hydrogen (secondary N) is 2. The third-order valence-corrected chi connectivity index (χ3v) is 4.46. The number of nitrogens with zero attached hydrogens (tertiary/aromatic N) is 3. The molecule has 0 amide bonds. The fourth-order valence-corrected chi connectivity index (χ4v) is 2.86. The molecule has 0 saturated heterocycles. The van der Waals surface area contributed by atoms with Crippen molar-refractivity contribution in [3.05, 3.63) is 70.5 Å². The molecule has 0 spiro atoms. The first kappa shape index (κ1) is 18.8. The third kappa shape index (κ3) is 3.77. The van der Waals surface area contributed by atoms with E-state index >= 15 is 0 Å². The molecule has 0 unspecified atom stereocenters. The van der Waals surface area contributed by atoms with Crippen molar-refractivity contribution in [1.29, 1.82) is 10.8 Å². The molecule has 1 saturated carbocycles. The first-order chi connectivity index (χ1) is 11.9. The molecule has 25 heavy (non-hydrogen) atoms. The van der Waals surface area contributed by atoms with E-state index in [2.05, 4.69) is 23.4 Å². The summed E-state index contributed by atoms with van der Waals surface area (Å²) < 4.78 is 1.29. The fourth-order valence-electron chi connectivity index (χ4n) is 2.73. The van der Waals surface area contributed by atoms with Gasteiger partial charge in [-0.15, -0.1) is 0 Å². The summed E-state index contributed by atoms with van der Waals surface area (Å²) in [5.41, 5.74) is 2.06. The fraction of sp³-hybridized carbons (Fsp3) is 0.263. The molecule has 0 aromatic carbocycles. The van der Waals surface area contributed by atoms with Crippen LogP contribution in [0, 0.1) is 16.2 Å². The quantitative estimate of drug-likeness (QED) is 0.445. The van der Waals surface area contributed by atoms with Gasteiger partial charge in [0.05, 0.1) is 11.1 Å². The Morgan fingerprint density at radius 2 is 2.08 bits per heavy atom. The highest BCUT2D eigenvalue weighted by Gasteiger charge is 2.50. The van der Waals surface area contributed by atoms with Crippen molar-refractivity contribution in [2.75, 3.05) is 0 Å². The standard InChI is InChI=1S/C19H22ClN5/c1-5-7-14(13(3)23-4)12-15(6-2)19(10-11-19)18(22)25-17(21)9-8-16(20)24-25/h5-9,12,21-22H,3-4,10-11H2,1-2H3/b7-5-,14-12-,15-6+,21-17?,22-18?. The van der Waals surface area contributed by atoms with Crippen molar-refractivity contribution in [3.63, 3.8) is 0 Å². The summed E-state index contributed by atoms with van der Waals surface area (Å²) in [5.74, 6) is 0.251. The Bertz CT molecular complexity index is 866. The van der Waals surface area contributed by atoms with Gasteiger partial charge < -0.3 is 0 Å². The van der Waals surface area contributed by atoms with Crippen molar-refractivity contribution in [2.24, 2.45) is 10.4 Å². The smallest absolute Gasteiger partial charge is 0.150 e. The number of aliphatic imine (C=N–C) groups is 1. The van der Waals surface area contributed by atoms with Gasteiger partial charge in [0.15, 0.2) is 0 Å². The Labute approximate surface area is 152 Å². The largest absolute Gasteiger partial charge is 0.286 e. The summed E-state index contributed by atoms with van der Waals surface area (Å²) in [6.07, 6.45) is 9.43. The van der Waals surface area contributed by atoms with Crippen LogP contribution < -0.4 is 5.49 Å². The van der Waals surface area contributed by atoms with Gasteiger partial charge in [-0.2, -0.15) is 9.78 Å². The van der Waals surface area contributed by atoms with E-state index < -0.39 is 5.41 Å². The van der Waals surface area contributed by atoms with Gasteiger partial charge >= 0.3 is 0 Å². The zero-order valence-corrected chi connectivity index (χ0v) is 15.3. The molecule has 1 fully saturated rings. The van der Waals surface area contributed by atoms with Crippen LogP contribution in [0.5, 0.6) is 0 Å². The Hall–Kier alpha value is -2.53. The number of rotatable bonds is 6. The highest BCUT2D eigenvalue weighted by Crippen LogP contribution is 2.53. The molecule has 1 aliphatic rings. The highest BCUT2D eigenvalue weighted by molar-refractivity contribution is 6.29. The normalized spacial score (nSPS) is 16.8. The third-order valence-electron chi connectivity index (χ3n) is 4.26. The second-order valence-electron chi connectivity index (χ2n) is 5.83. The predicted octanol–water partition coefficient (Wildman–Crippen LogP) is 4.28. The first-order valence-corrected chi connectivity index (χ1v) is 8.34. The second kappa shape index (κ2) is 7.57. The summed E-state index contributed by atoms with van der Waals surface area (Å²) in [6, 6.07) is 3.09. The first-order valence-electron chi connectivity index (χ1n) is 7.96. The number of aromatic nitrogens is 2. The minimum Gasteiger partial charge on any atom is -0.286 e. The van der Waals surface area contributed by atoms with E-state index in [4.69, 9.17) is 22.4 Å². The molecule has 2 rings (SSSR count). The van der Waals surface area contributed by atoms with Crippen LogP contribution in [0.25, 0.3) is 0 Å². The van der Waals surface area contributed by atoms with E-state index in [1.165, 1.54) is 4.68 Å². The lowest BCUT2D eigenvalue weighted by Crippen LogP contribution is -2.35. The van der Waals surface area contributed by atoms with E-state index in [0.717, 1.165) is 24.0 Å². The summed E-state index contributed by atoms with van der Waals surface area (Å²) in [6.45, 7) is 11.3. The summed E-state index contributed by atoms with van der Waals surface area (Å²) in [5, 5.41) is 21.0. The van der Waals surface area contributed by atoms with Crippen molar-refractivity contribution in [2.45, 2.75) is 26.7 Å². The Morgan fingerprint density at radius 1 is 1.40 bits per heavy atom. The van der Waals surface area contributed by atoms with E-state index in [1.54, 1.807) is 12.1 Å². The maximum Gasteiger partial charge on any atom is 0.150 e. The molecular formula is C19H22ClN5. The van der Waals surface area contributed by atoms with Crippen LogP contribution in [-0.2, 0) is 0 Å². The van der Waals surface area contributed by atoms with Gasteiger partial charge in [0, 0.05) is 0 Å². The molecule has 5 nitrogen and oxygen atoms in total. The lowest BCUT2D eigenvalue weighted by atomic mass is 9.91. The lowest BCUT2D eigenvalue weighted by Gasteiger charge is -2.20. The molecule has 130 valence electrons. The van der Waals surface area contributed by atoms with Crippen LogP contribution in [0.1, 0.15) is 26.7 Å². The van der Waals surface area contributed by atoms with Crippen molar-refractivity contribution in [3.8, 4) is 0 Å². The monoisotopic (exact) mass is 355 g/mol. The van der Waals surface area contributed by atoms with Crippen LogP contribution in [-0.4, -0.2) is 22.3 Å². The van der Waals surface area contributed by atoms with Crippen LogP contribution in [0.15, 0.2) is 64.9 Å². The van der Waals surface area contributed by atoms with E-state index in [-0.39, 0.29) is 16.5 Å². The van der Waals surface area contributed by atoms with Crippen LogP contribution in [0.2, 0.25) is 5.15 Å². The minimum absolute atomic E-state index is 0.131. The molecule has 1 aromatic heterocycles. The summed E-state index contributed by atoms with van der Waals surface area (Å²) in [7, 11) is 0. The zero-order valence-electron chi connectivity index (χ0n) is 14.5. The molecular weight excluding hydrogens is 334 g/mol. The molecule has 0 bridgehead atoms. The van der Waals surface area contributed by atoms with Gasteiger partial charge in [0.25, 0.3) is 0 Å². The Kier molecular flexibility index (Phi) is 5.69. The van der Waals surface area contributed by atoms with Gasteiger partial charge in [-0.1, -0.05) is 36.4 Å². The SMILES string of the molecule is C=NC(=C)C(/C=C\C)=C\C(=C/C)C1(C(=N)n2nc(Cl)ccc2=N)CC1. The van der Waals surface area contributed by atoms with Gasteiger partial charge in [0.1, 0.15) is 16.5 Å². The zero-order chi connectivity index (χ0) is 18.6. The molecule has 1 heterocycles. The van der Waals surface area contributed by atoms with Crippen LogP contribution in [0.3, 0.4) is 0 Å². The molecule has 0 radical (unpaired) electrons. The Balaban J connectivity index is 2.48. The predicted molar refractivity (Wildman–Crippen MR) is 103 cm³/mol. The average Bonchev–Trinajstić information content (AvgIpc) is 3.41. The highest BCUT2D eigenvalue weighted by atomic mass is 35.5. The maximum absolute atomic E-state index is 8.64. The molecule has 0 atom stereocenters.